The molecular formula is C16H17ClN8O2. The van der Waals surface area contributed by atoms with Crippen molar-refractivity contribution in [3.63, 3.8) is 0 Å². The highest BCUT2D eigenvalue weighted by Crippen LogP contribution is 2.30. The molecule has 0 N–H and O–H groups in total. The molecule has 0 unspecified atom stereocenters. The lowest BCUT2D eigenvalue weighted by Crippen LogP contribution is -2.15. The summed E-state index contributed by atoms with van der Waals surface area (Å²) < 4.78 is 14.0. The van der Waals surface area contributed by atoms with Crippen LogP contribution in [0.5, 0.6) is 5.88 Å². The summed E-state index contributed by atoms with van der Waals surface area (Å²) in [6.45, 7) is 6.48. The van der Waals surface area contributed by atoms with Gasteiger partial charge < -0.3 is 9.26 Å². The van der Waals surface area contributed by atoms with Gasteiger partial charge in [0.05, 0.1) is 6.20 Å². The molecule has 0 aliphatic rings. The summed E-state index contributed by atoms with van der Waals surface area (Å²) in [5.74, 6) is 0.824. The number of aromatic nitrogens is 8. The van der Waals surface area contributed by atoms with Gasteiger partial charge in [-0.25, -0.2) is 0 Å². The zero-order valence-corrected chi connectivity index (χ0v) is 16.0. The zero-order valence-electron chi connectivity index (χ0n) is 15.2. The monoisotopic (exact) mass is 388 g/mol. The molecule has 0 amide bonds. The molecular weight excluding hydrogens is 372 g/mol. The van der Waals surface area contributed by atoms with Crippen molar-refractivity contribution < 1.29 is 9.26 Å². The van der Waals surface area contributed by atoms with Crippen LogP contribution in [0.4, 0.5) is 0 Å². The predicted molar refractivity (Wildman–Crippen MR) is 95.3 cm³/mol. The summed E-state index contributed by atoms with van der Waals surface area (Å²) in [6, 6.07) is 3.42. The third kappa shape index (κ3) is 3.35. The average Bonchev–Trinajstić information content (AvgIpc) is 3.31. The number of aryl methyl sites for hydroxylation is 1. The van der Waals surface area contributed by atoms with Gasteiger partial charge in [-0.1, -0.05) is 31.1 Å². The Bertz CT molecular complexity index is 1110. The number of nitrogens with zero attached hydrogens (tertiary/aromatic N) is 8. The minimum absolute atomic E-state index is 0.160. The molecule has 0 fully saturated rings. The predicted octanol–water partition coefficient (Wildman–Crippen LogP) is 2.44. The van der Waals surface area contributed by atoms with Crippen molar-refractivity contribution in [3.8, 4) is 17.4 Å². The van der Waals surface area contributed by atoms with Crippen LogP contribution in [0.2, 0.25) is 5.22 Å². The molecule has 4 aromatic rings. The first-order valence-corrected chi connectivity index (χ1v) is 8.56. The largest absolute Gasteiger partial charge is 0.470 e. The number of fused-ring (bicyclic) bond motifs is 1. The van der Waals surface area contributed by atoms with E-state index in [9.17, 15) is 0 Å². The van der Waals surface area contributed by atoms with Crippen LogP contribution < -0.4 is 4.74 Å². The summed E-state index contributed by atoms with van der Waals surface area (Å²) in [6.07, 6.45) is 1.78. The normalized spacial score (nSPS) is 12.0. The minimum atomic E-state index is -0.208. The molecule has 4 rings (SSSR count). The first kappa shape index (κ1) is 17.4. The molecule has 0 bridgehead atoms. The van der Waals surface area contributed by atoms with Gasteiger partial charge in [0.25, 0.3) is 0 Å². The lowest BCUT2D eigenvalue weighted by atomic mass is 9.88. The van der Waals surface area contributed by atoms with E-state index in [1.165, 1.54) is 0 Å². The smallest absolute Gasteiger partial charge is 0.232 e. The average molecular weight is 389 g/mol. The second-order valence-corrected chi connectivity index (χ2v) is 7.47. The van der Waals surface area contributed by atoms with E-state index in [0.29, 0.717) is 28.7 Å². The second-order valence-electron chi connectivity index (χ2n) is 7.09. The van der Waals surface area contributed by atoms with E-state index in [1.54, 1.807) is 28.5 Å². The van der Waals surface area contributed by atoms with Crippen LogP contribution in [0.3, 0.4) is 0 Å². The van der Waals surface area contributed by atoms with Crippen molar-refractivity contribution in [2.75, 3.05) is 0 Å². The maximum Gasteiger partial charge on any atom is 0.232 e. The fourth-order valence-corrected chi connectivity index (χ4v) is 2.75. The van der Waals surface area contributed by atoms with Crippen molar-refractivity contribution >= 4 is 17.2 Å². The van der Waals surface area contributed by atoms with Gasteiger partial charge in [-0.15, -0.1) is 20.4 Å². The van der Waals surface area contributed by atoms with Crippen molar-refractivity contribution in [2.24, 2.45) is 7.05 Å². The van der Waals surface area contributed by atoms with E-state index in [-0.39, 0.29) is 17.2 Å². The van der Waals surface area contributed by atoms with Crippen molar-refractivity contribution in [3.05, 3.63) is 34.8 Å². The number of hydrogen-bond donors (Lipinski definition) is 0. The van der Waals surface area contributed by atoms with Crippen LogP contribution in [-0.2, 0) is 19.1 Å². The summed E-state index contributed by atoms with van der Waals surface area (Å²) in [5, 5.41) is 24.9. The first-order valence-electron chi connectivity index (χ1n) is 8.19. The van der Waals surface area contributed by atoms with Crippen molar-refractivity contribution in [1.82, 2.24) is 40.0 Å². The lowest BCUT2D eigenvalue weighted by Gasteiger charge is -2.20. The Balaban J connectivity index is 1.79. The summed E-state index contributed by atoms with van der Waals surface area (Å²) in [4.78, 5) is 0. The summed E-state index contributed by atoms with van der Waals surface area (Å²) in [7, 11) is 1.80. The van der Waals surface area contributed by atoms with Gasteiger partial charge in [-0.3, -0.25) is 4.68 Å². The van der Waals surface area contributed by atoms with Gasteiger partial charge in [0.15, 0.2) is 11.3 Å². The molecule has 140 valence electrons. The summed E-state index contributed by atoms with van der Waals surface area (Å²) in [5.41, 5.74) is 2.47. The van der Waals surface area contributed by atoms with Crippen molar-refractivity contribution in [1.29, 1.82) is 0 Å². The zero-order chi connectivity index (χ0) is 19.2. The van der Waals surface area contributed by atoms with Gasteiger partial charge in [0, 0.05) is 24.7 Å². The van der Waals surface area contributed by atoms with Gasteiger partial charge in [0.1, 0.15) is 12.3 Å². The Morgan fingerprint density at radius 1 is 1.19 bits per heavy atom. The van der Waals surface area contributed by atoms with Gasteiger partial charge in [-0.2, -0.15) is 4.52 Å². The van der Waals surface area contributed by atoms with Crippen LogP contribution in [-0.4, -0.2) is 40.0 Å². The standard InChI is InChI=1S/C16H17ClN8O2/c1-16(2,3)10-5-13(26-8-9-7-24(4)23-18-9)21-25-14(10)19-20-15(25)11-6-12(17)27-22-11/h5-7H,8H2,1-4H3. The van der Waals surface area contributed by atoms with E-state index in [2.05, 4.69) is 51.5 Å². The quantitative estimate of drug-likeness (QED) is 0.524. The van der Waals surface area contributed by atoms with Crippen LogP contribution in [0.1, 0.15) is 32.0 Å². The minimum Gasteiger partial charge on any atom is -0.470 e. The molecule has 4 aromatic heterocycles. The first-order chi connectivity index (χ1) is 12.8. The molecule has 0 radical (unpaired) electrons. The van der Waals surface area contributed by atoms with E-state index in [4.69, 9.17) is 20.9 Å². The second kappa shape index (κ2) is 6.31. The topological polar surface area (TPSA) is 109 Å². The lowest BCUT2D eigenvalue weighted by molar-refractivity contribution is 0.283. The Hall–Kier alpha value is -3.01. The molecule has 10 nitrogen and oxygen atoms in total. The molecule has 0 atom stereocenters. The SMILES string of the molecule is Cn1cc(COc2cc(C(C)(C)C)c3nnc(-c4cc(Cl)on4)n3n2)nn1. The Labute approximate surface area is 159 Å². The molecule has 0 aliphatic heterocycles. The molecule has 0 aromatic carbocycles. The molecule has 0 aliphatic carbocycles. The Morgan fingerprint density at radius 3 is 2.63 bits per heavy atom. The van der Waals surface area contributed by atoms with E-state index in [0.717, 1.165) is 5.56 Å². The molecule has 11 heteroatoms. The fraction of sp³-hybridized carbons (Fsp3) is 0.375. The maximum atomic E-state index is 5.84. The summed E-state index contributed by atoms with van der Waals surface area (Å²) >= 11 is 5.84. The van der Waals surface area contributed by atoms with Crippen LogP contribution in [0.15, 0.2) is 22.9 Å². The van der Waals surface area contributed by atoms with Crippen LogP contribution in [0.25, 0.3) is 17.2 Å². The number of halogens is 1. The van der Waals surface area contributed by atoms with Crippen LogP contribution in [0, 0.1) is 0 Å². The highest BCUT2D eigenvalue weighted by Gasteiger charge is 2.24. The number of ether oxygens (including phenoxy) is 1. The van der Waals surface area contributed by atoms with Gasteiger partial charge in [-0.05, 0) is 17.0 Å². The third-order valence-electron chi connectivity index (χ3n) is 3.88. The molecule has 0 spiro atoms. The fourth-order valence-electron chi connectivity index (χ4n) is 2.61. The number of rotatable bonds is 4. The van der Waals surface area contributed by atoms with E-state index >= 15 is 0 Å². The number of hydrogen-bond acceptors (Lipinski definition) is 8. The van der Waals surface area contributed by atoms with Crippen LogP contribution >= 0.6 is 11.6 Å². The van der Waals surface area contributed by atoms with E-state index in [1.807, 2.05) is 6.07 Å². The van der Waals surface area contributed by atoms with Gasteiger partial charge >= 0.3 is 0 Å². The van der Waals surface area contributed by atoms with Gasteiger partial charge in [0.2, 0.25) is 16.9 Å². The highest BCUT2D eigenvalue weighted by molar-refractivity contribution is 6.29. The Morgan fingerprint density at radius 2 is 2.00 bits per heavy atom. The highest BCUT2D eigenvalue weighted by atomic mass is 35.5. The molecule has 4 heterocycles. The maximum absolute atomic E-state index is 5.84. The van der Waals surface area contributed by atoms with Crippen molar-refractivity contribution in [2.45, 2.75) is 32.8 Å². The molecule has 0 saturated carbocycles. The third-order valence-corrected chi connectivity index (χ3v) is 4.06. The molecule has 27 heavy (non-hydrogen) atoms. The van der Waals surface area contributed by atoms with E-state index < -0.39 is 0 Å². The molecule has 0 saturated heterocycles. The Kier molecular flexibility index (Phi) is 4.06.